The Balaban J connectivity index is 2.31. The second-order valence-electron chi connectivity index (χ2n) is 3.67. The molecule has 2 amide bonds. The first kappa shape index (κ1) is 11.6. The van der Waals surface area contributed by atoms with E-state index in [2.05, 4.69) is 11.9 Å². The van der Waals surface area contributed by atoms with Crippen molar-refractivity contribution in [3.63, 3.8) is 0 Å². The first-order valence-corrected chi connectivity index (χ1v) is 4.99. The number of nitrogens with one attached hydrogen (secondary N) is 1. The Labute approximate surface area is 88.8 Å². The molecule has 0 radical (unpaired) electrons. The summed E-state index contributed by atoms with van der Waals surface area (Å²) in [7, 11) is 0. The van der Waals surface area contributed by atoms with Gasteiger partial charge in [0.1, 0.15) is 0 Å². The van der Waals surface area contributed by atoms with E-state index >= 15 is 0 Å². The Morgan fingerprint density at radius 2 is 2.33 bits per heavy atom. The van der Waals surface area contributed by atoms with Crippen LogP contribution in [0, 0.1) is 5.92 Å². The molecule has 0 aromatic heterocycles. The first-order chi connectivity index (χ1) is 7.13. The highest BCUT2D eigenvalue weighted by atomic mass is 16.4. The zero-order valence-electron chi connectivity index (χ0n) is 8.61. The van der Waals surface area contributed by atoms with Crippen LogP contribution >= 0.6 is 0 Å². The van der Waals surface area contributed by atoms with Crippen molar-refractivity contribution in [3.8, 4) is 0 Å². The van der Waals surface area contributed by atoms with Gasteiger partial charge in [-0.25, -0.2) is 4.79 Å². The third-order valence-corrected chi connectivity index (χ3v) is 2.43. The summed E-state index contributed by atoms with van der Waals surface area (Å²) >= 11 is 0. The van der Waals surface area contributed by atoms with Gasteiger partial charge in [0.05, 0.1) is 0 Å². The molecule has 84 valence electrons. The number of likely N-dealkylation sites (tertiary alicyclic amines) is 1. The van der Waals surface area contributed by atoms with E-state index in [4.69, 9.17) is 5.11 Å². The Bertz CT molecular complexity index is 265. The van der Waals surface area contributed by atoms with Gasteiger partial charge in [0.15, 0.2) is 0 Å². The van der Waals surface area contributed by atoms with Crippen LogP contribution in [-0.2, 0) is 4.79 Å². The van der Waals surface area contributed by atoms with Crippen LogP contribution < -0.4 is 5.32 Å². The van der Waals surface area contributed by atoms with Crippen LogP contribution in [0.5, 0.6) is 0 Å². The molecule has 15 heavy (non-hydrogen) atoms. The van der Waals surface area contributed by atoms with Crippen molar-refractivity contribution in [1.82, 2.24) is 10.2 Å². The lowest BCUT2D eigenvalue weighted by atomic mass is 10.1. The highest BCUT2D eigenvalue weighted by Crippen LogP contribution is 2.19. The maximum absolute atomic E-state index is 11.5. The van der Waals surface area contributed by atoms with Crippen LogP contribution in [0.1, 0.15) is 12.8 Å². The summed E-state index contributed by atoms with van der Waals surface area (Å²) in [5.41, 5.74) is 0. The zero-order valence-corrected chi connectivity index (χ0v) is 8.61. The minimum atomic E-state index is -0.798. The SMILES string of the molecule is C=CCNC(=O)N1CCC(CC(=O)O)C1. The second kappa shape index (κ2) is 5.38. The molecule has 0 aromatic carbocycles. The molecule has 0 saturated carbocycles. The molecule has 0 bridgehead atoms. The molecule has 1 fully saturated rings. The fraction of sp³-hybridized carbons (Fsp3) is 0.600. The van der Waals surface area contributed by atoms with Crippen LogP contribution in [0.4, 0.5) is 4.79 Å². The monoisotopic (exact) mass is 212 g/mol. The van der Waals surface area contributed by atoms with E-state index in [1.54, 1.807) is 11.0 Å². The molecule has 1 heterocycles. The van der Waals surface area contributed by atoms with Gasteiger partial charge in [-0.15, -0.1) is 6.58 Å². The van der Waals surface area contributed by atoms with Crippen LogP contribution in [0.15, 0.2) is 12.7 Å². The van der Waals surface area contributed by atoms with Gasteiger partial charge in [0.2, 0.25) is 0 Å². The third kappa shape index (κ3) is 3.61. The predicted octanol–water partition coefficient (Wildman–Crippen LogP) is 0.679. The Kier molecular flexibility index (Phi) is 4.15. The number of hydrogen-bond donors (Lipinski definition) is 2. The van der Waals surface area contributed by atoms with Gasteiger partial charge in [-0.05, 0) is 12.3 Å². The van der Waals surface area contributed by atoms with E-state index in [0.29, 0.717) is 19.6 Å². The topological polar surface area (TPSA) is 69.6 Å². The molecule has 1 aliphatic heterocycles. The van der Waals surface area contributed by atoms with Gasteiger partial charge >= 0.3 is 12.0 Å². The molecule has 1 rings (SSSR count). The lowest BCUT2D eigenvalue weighted by molar-refractivity contribution is -0.138. The van der Waals surface area contributed by atoms with Crippen molar-refractivity contribution < 1.29 is 14.7 Å². The lowest BCUT2D eigenvalue weighted by Gasteiger charge is -2.16. The summed E-state index contributed by atoms with van der Waals surface area (Å²) in [5.74, 6) is -0.703. The molecule has 2 N–H and O–H groups in total. The van der Waals surface area contributed by atoms with Gasteiger partial charge in [-0.2, -0.15) is 0 Å². The van der Waals surface area contributed by atoms with Gasteiger partial charge in [0.25, 0.3) is 0 Å². The van der Waals surface area contributed by atoms with E-state index in [0.717, 1.165) is 6.42 Å². The molecular weight excluding hydrogens is 196 g/mol. The second-order valence-corrected chi connectivity index (χ2v) is 3.67. The number of rotatable bonds is 4. The largest absolute Gasteiger partial charge is 0.481 e. The van der Waals surface area contributed by atoms with Crippen LogP contribution in [0.25, 0.3) is 0 Å². The highest BCUT2D eigenvalue weighted by molar-refractivity contribution is 5.75. The van der Waals surface area contributed by atoms with Crippen molar-refractivity contribution in [2.75, 3.05) is 19.6 Å². The number of aliphatic carboxylic acids is 1. The summed E-state index contributed by atoms with van der Waals surface area (Å²) in [6.07, 6.45) is 2.53. The molecule has 5 nitrogen and oxygen atoms in total. The van der Waals surface area contributed by atoms with Gasteiger partial charge < -0.3 is 15.3 Å². The molecule has 0 spiro atoms. The quantitative estimate of drug-likeness (QED) is 0.673. The molecule has 1 unspecified atom stereocenters. The van der Waals surface area contributed by atoms with Crippen molar-refractivity contribution in [2.45, 2.75) is 12.8 Å². The number of carboxylic acids is 1. The summed E-state index contributed by atoms with van der Waals surface area (Å²) < 4.78 is 0. The maximum Gasteiger partial charge on any atom is 0.317 e. The average molecular weight is 212 g/mol. The Morgan fingerprint density at radius 1 is 1.60 bits per heavy atom. The first-order valence-electron chi connectivity index (χ1n) is 4.99. The number of hydrogen-bond acceptors (Lipinski definition) is 2. The van der Waals surface area contributed by atoms with Crippen LogP contribution in [-0.4, -0.2) is 41.6 Å². The molecule has 0 aromatic rings. The molecule has 1 aliphatic rings. The zero-order chi connectivity index (χ0) is 11.3. The van der Waals surface area contributed by atoms with E-state index in [-0.39, 0.29) is 18.4 Å². The summed E-state index contributed by atoms with van der Waals surface area (Å²) in [5, 5.41) is 11.3. The van der Waals surface area contributed by atoms with Crippen molar-refractivity contribution >= 4 is 12.0 Å². The van der Waals surface area contributed by atoms with Crippen molar-refractivity contribution in [1.29, 1.82) is 0 Å². The molecule has 1 atom stereocenters. The van der Waals surface area contributed by atoms with E-state index in [9.17, 15) is 9.59 Å². The maximum atomic E-state index is 11.5. The van der Waals surface area contributed by atoms with E-state index < -0.39 is 5.97 Å². The molecule has 1 saturated heterocycles. The van der Waals surface area contributed by atoms with Gasteiger partial charge in [0, 0.05) is 26.1 Å². The highest BCUT2D eigenvalue weighted by Gasteiger charge is 2.27. The number of amides is 2. The van der Waals surface area contributed by atoms with Crippen molar-refractivity contribution in [3.05, 3.63) is 12.7 Å². The third-order valence-electron chi connectivity index (χ3n) is 2.43. The minimum absolute atomic E-state index is 0.0944. The number of nitrogens with zero attached hydrogens (tertiary/aromatic N) is 1. The van der Waals surface area contributed by atoms with Gasteiger partial charge in [-0.3, -0.25) is 4.79 Å². The average Bonchev–Trinajstić information content (AvgIpc) is 2.61. The standard InChI is InChI=1S/C10H16N2O3/c1-2-4-11-10(15)12-5-3-8(7-12)6-9(13)14/h2,8H,1,3-7H2,(H,11,15)(H,13,14). The fourth-order valence-corrected chi connectivity index (χ4v) is 1.70. The Morgan fingerprint density at radius 3 is 2.93 bits per heavy atom. The smallest absolute Gasteiger partial charge is 0.317 e. The van der Waals surface area contributed by atoms with E-state index in [1.165, 1.54) is 0 Å². The number of carbonyl (C=O) groups is 2. The molecular formula is C10H16N2O3. The predicted molar refractivity (Wildman–Crippen MR) is 55.5 cm³/mol. The van der Waals surface area contributed by atoms with Crippen molar-refractivity contribution in [2.24, 2.45) is 5.92 Å². The molecule has 0 aliphatic carbocycles. The fourth-order valence-electron chi connectivity index (χ4n) is 1.70. The number of carbonyl (C=O) groups excluding carboxylic acids is 1. The number of carboxylic acid groups (broad SMARTS) is 1. The minimum Gasteiger partial charge on any atom is -0.481 e. The summed E-state index contributed by atoms with van der Waals surface area (Å²) in [6, 6.07) is -0.136. The van der Waals surface area contributed by atoms with E-state index in [1.807, 2.05) is 0 Å². The van der Waals surface area contributed by atoms with Gasteiger partial charge in [-0.1, -0.05) is 6.08 Å². The summed E-state index contributed by atoms with van der Waals surface area (Å²) in [6.45, 7) is 5.12. The van der Waals surface area contributed by atoms with Crippen LogP contribution in [0.3, 0.4) is 0 Å². The summed E-state index contributed by atoms with van der Waals surface area (Å²) in [4.78, 5) is 23.6. The molecule has 5 heteroatoms. The normalized spacial score (nSPS) is 20.0. The Hall–Kier alpha value is -1.52. The lowest BCUT2D eigenvalue weighted by Crippen LogP contribution is -2.38. The number of urea groups is 1. The van der Waals surface area contributed by atoms with Crippen LogP contribution in [0.2, 0.25) is 0 Å².